The molecule has 0 unspecified atom stereocenters. The minimum absolute atomic E-state index is 0.349. The molecule has 0 atom stereocenters. The van der Waals surface area contributed by atoms with Gasteiger partial charge in [-0.15, -0.1) is 0 Å². The molecular weight excluding hydrogens is 248 g/mol. The highest BCUT2D eigenvalue weighted by atomic mass is 28.4. The molecule has 0 bridgehead atoms. The third-order valence-corrected chi connectivity index (χ3v) is 9.75. The smallest absolute Gasteiger partial charge is 0.192 e. The van der Waals surface area contributed by atoms with Crippen LogP contribution in [-0.4, -0.2) is 14.4 Å². The van der Waals surface area contributed by atoms with Gasteiger partial charge in [-0.3, -0.25) is 0 Å². The van der Waals surface area contributed by atoms with E-state index in [2.05, 4.69) is 47.7 Å². The van der Waals surface area contributed by atoms with Crippen LogP contribution in [0.4, 0.5) is 0 Å². The Kier molecular flexibility index (Phi) is 6.13. The fourth-order valence-corrected chi connectivity index (χ4v) is 4.12. The van der Waals surface area contributed by atoms with Crippen molar-refractivity contribution in [1.29, 1.82) is 0 Å². The molecule has 1 nitrogen and oxygen atoms in total. The molecule has 114 valence electrons. The van der Waals surface area contributed by atoms with Crippen molar-refractivity contribution in [2.24, 2.45) is 11.8 Å². The van der Waals surface area contributed by atoms with E-state index in [0.717, 1.165) is 11.8 Å². The monoisotopic (exact) mass is 284 g/mol. The quantitative estimate of drug-likeness (QED) is 0.562. The number of hydrogen-bond acceptors (Lipinski definition) is 1. The van der Waals surface area contributed by atoms with Crippen LogP contribution in [0.25, 0.3) is 0 Å². The van der Waals surface area contributed by atoms with Crippen LogP contribution in [0.3, 0.4) is 0 Å². The van der Waals surface area contributed by atoms with Gasteiger partial charge in [0.25, 0.3) is 0 Å². The van der Waals surface area contributed by atoms with E-state index in [1.807, 2.05) is 0 Å². The van der Waals surface area contributed by atoms with E-state index in [0.29, 0.717) is 11.1 Å². The van der Waals surface area contributed by atoms with E-state index in [9.17, 15) is 0 Å². The molecule has 1 saturated carbocycles. The molecule has 0 aromatic carbocycles. The summed E-state index contributed by atoms with van der Waals surface area (Å²) in [5, 5.41) is 0.349. The second-order valence-electron chi connectivity index (χ2n) is 8.49. The van der Waals surface area contributed by atoms with Crippen molar-refractivity contribution in [1.82, 2.24) is 0 Å². The maximum Gasteiger partial charge on any atom is 0.192 e. The molecule has 0 aromatic heterocycles. The molecule has 0 aliphatic heterocycles. The number of rotatable bonds is 5. The van der Waals surface area contributed by atoms with Gasteiger partial charge in [-0.1, -0.05) is 47.5 Å². The third kappa shape index (κ3) is 5.59. The first-order chi connectivity index (χ1) is 8.62. The predicted octanol–water partition coefficient (Wildman–Crippen LogP) is 6.00. The molecule has 0 amide bonds. The highest BCUT2D eigenvalue weighted by Crippen LogP contribution is 2.40. The second-order valence-corrected chi connectivity index (χ2v) is 13.2. The van der Waals surface area contributed by atoms with Crippen molar-refractivity contribution in [2.45, 2.75) is 97.4 Å². The Morgan fingerprint density at radius 2 is 1.58 bits per heavy atom. The van der Waals surface area contributed by atoms with Crippen LogP contribution in [0.15, 0.2) is 0 Å². The first-order valence-electron chi connectivity index (χ1n) is 8.29. The fourth-order valence-electron chi connectivity index (χ4n) is 2.70. The average molecular weight is 285 g/mol. The highest BCUT2D eigenvalue weighted by Gasteiger charge is 2.39. The van der Waals surface area contributed by atoms with Gasteiger partial charge in [-0.25, -0.2) is 0 Å². The molecule has 0 heterocycles. The van der Waals surface area contributed by atoms with Gasteiger partial charge in [0.2, 0.25) is 0 Å². The van der Waals surface area contributed by atoms with Gasteiger partial charge in [0.15, 0.2) is 8.32 Å². The summed E-state index contributed by atoms with van der Waals surface area (Å²) in [5.41, 5.74) is 0. The van der Waals surface area contributed by atoms with Crippen molar-refractivity contribution in [3.05, 3.63) is 0 Å². The van der Waals surface area contributed by atoms with Gasteiger partial charge in [0, 0.05) is 6.10 Å². The van der Waals surface area contributed by atoms with Gasteiger partial charge in [-0.2, -0.15) is 0 Å². The van der Waals surface area contributed by atoms with Crippen LogP contribution >= 0.6 is 0 Å². The van der Waals surface area contributed by atoms with E-state index in [-0.39, 0.29) is 0 Å². The SMILES string of the molecule is CC(C)CCC1CCC(O[Si](C)(C)C(C)(C)C)CC1. The minimum atomic E-state index is -1.55. The lowest BCUT2D eigenvalue weighted by Gasteiger charge is -2.41. The van der Waals surface area contributed by atoms with Crippen LogP contribution in [0, 0.1) is 11.8 Å². The first-order valence-corrected chi connectivity index (χ1v) is 11.2. The van der Waals surface area contributed by atoms with E-state index in [4.69, 9.17) is 4.43 Å². The summed E-state index contributed by atoms with van der Waals surface area (Å²) in [6, 6.07) is 0. The van der Waals surface area contributed by atoms with Crippen molar-refractivity contribution in [2.75, 3.05) is 0 Å². The molecule has 1 rings (SSSR count). The summed E-state index contributed by atoms with van der Waals surface area (Å²) in [6.45, 7) is 16.5. The Morgan fingerprint density at radius 1 is 1.05 bits per heavy atom. The Balaban J connectivity index is 2.34. The van der Waals surface area contributed by atoms with Crippen LogP contribution < -0.4 is 0 Å². The van der Waals surface area contributed by atoms with E-state index in [1.54, 1.807) is 0 Å². The lowest BCUT2D eigenvalue weighted by molar-refractivity contribution is 0.112. The summed E-state index contributed by atoms with van der Waals surface area (Å²) in [5.74, 6) is 1.84. The standard InChI is InChI=1S/C17H36OSi/c1-14(2)8-9-15-10-12-16(13-11-15)18-19(6,7)17(3,4)5/h14-16H,8-13H2,1-7H3. The van der Waals surface area contributed by atoms with Gasteiger partial charge >= 0.3 is 0 Å². The summed E-state index contributed by atoms with van der Waals surface area (Å²) in [4.78, 5) is 0. The normalized spacial score (nSPS) is 25.9. The first kappa shape index (κ1) is 17.2. The molecule has 1 aliphatic rings. The van der Waals surface area contributed by atoms with E-state index in [1.165, 1.54) is 38.5 Å². The van der Waals surface area contributed by atoms with Crippen molar-refractivity contribution < 1.29 is 4.43 Å². The molecule has 0 spiro atoms. The van der Waals surface area contributed by atoms with Gasteiger partial charge < -0.3 is 4.43 Å². The topological polar surface area (TPSA) is 9.23 Å². The molecule has 1 fully saturated rings. The van der Waals surface area contributed by atoms with Crippen molar-refractivity contribution >= 4 is 8.32 Å². The maximum atomic E-state index is 6.56. The Bertz CT molecular complexity index is 257. The average Bonchev–Trinajstić information content (AvgIpc) is 2.26. The summed E-state index contributed by atoms with van der Waals surface area (Å²) >= 11 is 0. The van der Waals surface area contributed by atoms with E-state index >= 15 is 0 Å². The Morgan fingerprint density at radius 3 is 2.00 bits per heavy atom. The largest absolute Gasteiger partial charge is 0.414 e. The summed E-state index contributed by atoms with van der Waals surface area (Å²) in [7, 11) is -1.55. The van der Waals surface area contributed by atoms with Crippen LogP contribution in [-0.2, 0) is 4.43 Å². The summed E-state index contributed by atoms with van der Waals surface area (Å²) < 4.78 is 6.56. The highest BCUT2D eigenvalue weighted by molar-refractivity contribution is 6.74. The van der Waals surface area contributed by atoms with Crippen LogP contribution in [0.2, 0.25) is 18.1 Å². The molecule has 2 heteroatoms. The lowest BCUT2D eigenvalue weighted by atomic mass is 9.83. The Hall–Kier alpha value is 0.177. The maximum absolute atomic E-state index is 6.56. The van der Waals surface area contributed by atoms with Gasteiger partial charge in [0.1, 0.15) is 0 Å². The molecular formula is C17H36OSi. The molecule has 0 N–H and O–H groups in total. The van der Waals surface area contributed by atoms with E-state index < -0.39 is 8.32 Å². The van der Waals surface area contributed by atoms with Crippen LogP contribution in [0.1, 0.15) is 73.1 Å². The molecule has 0 aromatic rings. The van der Waals surface area contributed by atoms with Crippen molar-refractivity contribution in [3.63, 3.8) is 0 Å². The zero-order valence-electron chi connectivity index (χ0n) is 14.4. The third-order valence-electron chi connectivity index (χ3n) is 5.21. The Labute approximate surface area is 122 Å². The fraction of sp³-hybridized carbons (Fsp3) is 1.00. The second kappa shape index (κ2) is 6.75. The minimum Gasteiger partial charge on any atom is -0.414 e. The molecule has 19 heavy (non-hydrogen) atoms. The van der Waals surface area contributed by atoms with Crippen molar-refractivity contribution in [3.8, 4) is 0 Å². The summed E-state index contributed by atoms with van der Waals surface area (Å²) in [6.07, 6.45) is 8.78. The van der Waals surface area contributed by atoms with Gasteiger partial charge in [0.05, 0.1) is 0 Å². The molecule has 1 aliphatic carbocycles. The molecule has 0 radical (unpaired) electrons. The lowest BCUT2D eigenvalue weighted by Crippen LogP contribution is -2.44. The number of hydrogen-bond donors (Lipinski definition) is 0. The predicted molar refractivity (Wildman–Crippen MR) is 88.1 cm³/mol. The van der Waals surface area contributed by atoms with Crippen LogP contribution in [0.5, 0.6) is 0 Å². The zero-order valence-corrected chi connectivity index (χ0v) is 15.4. The molecule has 0 saturated heterocycles. The van der Waals surface area contributed by atoms with Gasteiger partial charge in [-0.05, 0) is 55.7 Å². The zero-order chi connectivity index (χ0) is 14.7.